The number of nitrogens with zero attached hydrogens (tertiary/aromatic N) is 2. The van der Waals surface area contributed by atoms with Crippen molar-refractivity contribution in [3.63, 3.8) is 0 Å². The SMILES string of the molecule is O=C(NC[C@H]1Cc2c(ccc3cc(-c4ncccn4)ccc23)O1)C1(c2ccccc2)CC1. The average molecular weight is 422 g/mol. The van der Waals surface area contributed by atoms with Crippen molar-refractivity contribution in [2.24, 2.45) is 0 Å². The average Bonchev–Trinajstić information content (AvgIpc) is 3.56. The van der Waals surface area contributed by atoms with E-state index in [0.29, 0.717) is 6.54 Å². The van der Waals surface area contributed by atoms with Gasteiger partial charge in [-0.2, -0.15) is 0 Å². The molecule has 0 spiro atoms. The third-order valence-electron chi connectivity index (χ3n) is 6.64. The van der Waals surface area contributed by atoms with Gasteiger partial charge in [-0.15, -0.1) is 0 Å². The lowest BCUT2D eigenvalue weighted by molar-refractivity contribution is -0.123. The fraction of sp³-hybridized carbons (Fsp3) is 0.222. The summed E-state index contributed by atoms with van der Waals surface area (Å²) < 4.78 is 6.18. The number of fused-ring (bicyclic) bond motifs is 3. The normalized spacial score (nSPS) is 18.1. The quantitative estimate of drug-likeness (QED) is 0.517. The first kappa shape index (κ1) is 19.0. The molecule has 1 aliphatic heterocycles. The Bertz CT molecular complexity index is 1300. The van der Waals surface area contributed by atoms with Gasteiger partial charge >= 0.3 is 0 Å². The third-order valence-corrected chi connectivity index (χ3v) is 6.64. The number of ether oxygens (including phenoxy) is 1. The molecule has 1 aromatic heterocycles. The summed E-state index contributed by atoms with van der Waals surface area (Å²) in [5.74, 6) is 1.74. The number of rotatable bonds is 5. The minimum atomic E-state index is -0.352. The number of nitrogens with one attached hydrogen (secondary N) is 1. The Kier molecular flexibility index (Phi) is 4.42. The summed E-state index contributed by atoms with van der Waals surface area (Å²) in [4.78, 5) is 21.7. The molecule has 32 heavy (non-hydrogen) atoms. The van der Waals surface area contributed by atoms with Crippen LogP contribution in [-0.4, -0.2) is 28.5 Å². The summed E-state index contributed by atoms with van der Waals surface area (Å²) >= 11 is 0. The van der Waals surface area contributed by atoms with E-state index in [0.717, 1.165) is 47.3 Å². The first-order chi connectivity index (χ1) is 15.7. The maximum atomic E-state index is 13.0. The zero-order chi connectivity index (χ0) is 21.5. The second-order valence-corrected chi connectivity index (χ2v) is 8.65. The molecule has 0 bridgehead atoms. The molecule has 6 rings (SSSR count). The number of amides is 1. The summed E-state index contributed by atoms with van der Waals surface area (Å²) in [6.07, 6.45) is 6.06. The van der Waals surface area contributed by atoms with Crippen molar-refractivity contribution in [1.82, 2.24) is 15.3 Å². The largest absolute Gasteiger partial charge is 0.488 e. The highest BCUT2D eigenvalue weighted by Gasteiger charge is 2.51. The summed E-state index contributed by atoms with van der Waals surface area (Å²) in [6, 6.07) is 22.3. The van der Waals surface area contributed by atoms with Crippen molar-refractivity contribution in [3.8, 4) is 17.1 Å². The van der Waals surface area contributed by atoms with Gasteiger partial charge < -0.3 is 10.1 Å². The molecule has 3 aromatic carbocycles. The first-order valence-electron chi connectivity index (χ1n) is 11.1. The maximum Gasteiger partial charge on any atom is 0.230 e. The van der Waals surface area contributed by atoms with Gasteiger partial charge in [-0.3, -0.25) is 4.79 Å². The molecule has 1 amide bonds. The van der Waals surface area contributed by atoms with Crippen LogP contribution in [0.2, 0.25) is 0 Å². The monoisotopic (exact) mass is 421 g/mol. The van der Waals surface area contributed by atoms with E-state index < -0.39 is 0 Å². The van der Waals surface area contributed by atoms with E-state index in [2.05, 4.69) is 51.7 Å². The van der Waals surface area contributed by atoms with Crippen LogP contribution in [0.5, 0.6) is 5.75 Å². The molecule has 0 unspecified atom stereocenters. The van der Waals surface area contributed by atoms with Crippen molar-refractivity contribution in [3.05, 3.63) is 90.3 Å². The summed E-state index contributed by atoms with van der Waals surface area (Å²) in [5.41, 5.74) is 2.95. The molecule has 2 heterocycles. The van der Waals surface area contributed by atoms with E-state index in [1.165, 1.54) is 10.9 Å². The molecule has 0 saturated heterocycles. The van der Waals surface area contributed by atoms with Crippen LogP contribution in [0, 0.1) is 0 Å². The van der Waals surface area contributed by atoms with Crippen LogP contribution >= 0.6 is 0 Å². The minimum Gasteiger partial charge on any atom is -0.488 e. The topological polar surface area (TPSA) is 64.1 Å². The highest BCUT2D eigenvalue weighted by molar-refractivity contribution is 5.92. The summed E-state index contributed by atoms with van der Waals surface area (Å²) in [7, 11) is 0. The maximum absolute atomic E-state index is 13.0. The van der Waals surface area contributed by atoms with E-state index in [-0.39, 0.29) is 17.4 Å². The van der Waals surface area contributed by atoms with E-state index in [1.54, 1.807) is 12.4 Å². The van der Waals surface area contributed by atoms with Crippen LogP contribution in [0.3, 0.4) is 0 Å². The fourth-order valence-electron chi connectivity index (χ4n) is 4.75. The number of aromatic nitrogens is 2. The highest BCUT2D eigenvalue weighted by atomic mass is 16.5. The van der Waals surface area contributed by atoms with Crippen molar-refractivity contribution in [2.75, 3.05) is 6.54 Å². The first-order valence-corrected chi connectivity index (χ1v) is 11.1. The van der Waals surface area contributed by atoms with Crippen molar-refractivity contribution in [2.45, 2.75) is 30.8 Å². The van der Waals surface area contributed by atoms with Crippen molar-refractivity contribution >= 4 is 16.7 Å². The smallest absolute Gasteiger partial charge is 0.230 e. The van der Waals surface area contributed by atoms with Gasteiger partial charge in [0, 0.05) is 29.9 Å². The summed E-state index contributed by atoms with van der Waals surface area (Å²) in [6.45, 7) is 0.513. The number of benzene rings is 3. The standard InChI is InChI=1S/C27H23N3O2/c31-26(27(11-12-27)20-5-2-1-3-6-20)30-17-21-16-23-22-9-7-19(25-28-13-4-14-29-25)15-18(22)8-10-24(23)32-21/h1-10,13-15,21H,11-12,16-17H2,(H,30,31)/t21-/m1/s1. The van der Waals surface area contributed by atoms with E-state index in [4.69, 9.17) is 4.74 Å². The van der Waals surface area contributed by atoms with Gasteiger partial charge in [0.05, 0.1) is 12.0 Å². The number of hydrogen-bond donors (Lipinski definition) is 1. The molecule has 1 N–H and O–H groups in total. The molecule has 158 valence electrons. The third kappa shape index (κ3) is 3.21. The number of carbonyl (C=O) groups excluding carboxylic acids is 1. The lowest BCUT2D eigenvalue weighted by Crippen LogP contribution is -2.40. The van der Waals surface area contributed by atoms with Gasteiger partial charge in [0.15, 0.2) is 5.82 Å². The Morgan fingerprint density at radius 2 is 1.81 bits per heavy atom. The second kappa shape index (κ2) is 7.45. The predicted molar refractivity (Wildman–Crippen MR) is 123 cm³/mol. The molecule has 1 saturated carbocycles. The highest BCUT2D eigenvalue weighted by Crippen LogP contribution is 2.48. The Balaban J connectivity index is 1.18. The van der Waals surface area contributed by atoms with Gasteiger partial charge in [0.25, 0.3) is 0 Å². The molecule has 4 aromatic rings. The zero-order valence-corrected chi connectivity index (χ0v) is 17.6. The van der Waals surface area contributed by atoms with Gasteiger partial charge in [-0.25, -0.2) is 9.97 Å². The molecular weight excluding hydrogens is 398 g/mol. The van der Waals surface area contributed by atoms with Crippen molar-refractivity contribution < 1.29 is 9.53 Å². The van der Waals surface area contributed by atoms with Crippen LogP contribution in [0.4, 0.5) is 0 Å². The lowest BCUT2D eigenvalue weighted by atomic mass is 9.95. The van der Waals surface area contributed by atoms with Gasteiger partial charge in [0.2, 0.25) is 5.91 Å². The van der Waals surface area contributed by atoms with Gasteiger partial charge in [-0.05, 0) is 47.4 Å². The van der Waals surface area contributed by atoms with Crippen LogP contribution in [0.1, 0.15) is 24.0 Å². The Labute approximate surface area is 186 Å². The fourth-order valence-corrected chi connectivity index (χ4v) is 4.75. The van der Waals surface area contributed by atoms with Crippen LogP contribution in [-0.2, 0) is 16.6 Å². The van der Waals surface area contributed by atoms with Gasteiger partial charge in [0.1, 0.15) is 11.9 Å². The predicted octanol–water partition coefficient (Wildman–Crippen LogP) is 4.45. The lowest BCUT2D eigenvalue weighted by Gasteiger charge is -2.18. The Morgan fingerprint density at radius 1 is 1.00 bits per heavy atom. The molecule has 5 nitrogen and oxygen atoms in total. The summed E-state index contributed by atoms with van der Waals surface area (Å²) in [5, 5.41) is 5.48. The zero-order valence-electron chi connectivity index (χ0n) is 17.6. The molecule has 5 heteroatoms. The van der Waals surface area contributed by atoms with Crippen LogP contribution < -0.4 is 10.1 Å². The van der Waals surface area contributed by atoms with E-state index in [1.807, 2.05) is 30.3 Å². The second-order valence-electron chi connectivity index (χ2n) is 8.65. The number of hydrogen-bond acceptors (Lipinski definition) is 4. The molecule has 1 aliphatic carbocycles. The van der Waals surface area contributed by atoms with Crippen molar-refractivity contribution in [1.29, 1.82) is 0 Å². The van der Waals surface area contributed by atoms with Gasteiger partial charge in [-0.1, -0.05) is 48.5 Å². The molecule has 0 radical (unpaired) electrons. The Hall–Kier alpha value is -3.73. The van der Waals surface area contributed by atoms with Crippen LogP contribution in [0.15, 0.2) is 79.1 Å². The molecule has 1 atom stereocenters. The Morgan fingerprint density at radius 3 is 2.59 bits per heavy atom. The molecule has 2 aliphatic rings. The molecular formula is C27H23N3O2. The number of carbonyl (C=O) groups is 1. The minimum absolute atomic E-state index is 0.0525. The van der Waals surface area contributed by atoms with E-state index >= 15 is 0 Å². The van der Waals surface area contributed by atoms with E-state index in [9.17, 15) is 4.79 Å². The van der Waals surface area contributed by atoms with Crippen LogP contribution in [0.25, 0.3) is 22.2 Å². The molecule has 1 fully saturated rings.